The SMILES string of the molecule is CCC(CC)(C(=O)Cc1ccc(F)cc1)N1CCCC1. The highest BCUT2D eigenvalue weighted by atomic mass is 19.1. The van der Waals surface area contributed by atoms with Gasteiger partial charge in [0.05, 0.1) is 5.54 Å². The number of hydrogen-bond donors (Lipinski definition) is 0. The molecule has 0 saturated carbocycles. The zero-order valence-electron chi connectivity index (χ0n) is 12.5. The van der Waals surface area contributed by atoms with Crippen LogP contribution in [0.15, 0.2) is 24.3 Å². The van der Waals surface area contributed by atoms with Crippen LogP contribution < -0.4 is 0 Å². The quantitative estimate of drug-likeness (QED) is 0.792. The van der Waals surface area contributed by atoms with Gasteiger partial charge < -0.3 is 0 Å². The average molecular weight is 277 g/mol. The van der Waals surface area contributed by atoms with Crippen LogP contribution in [0, 0.1) is 5.82 Å². The van der Waals surface area contributed by atoms with Crippen LogP contribution in [0.2, 0.25) is 0 Å². The molecule has 1 saturated heterocycles. The molecule has 1 aliphatic rings. The second-order valence-electron chi connectivity index (χ2n) is 5.66. The summed E-state index contributed by atoms with van der Waals surface area (Å²) in [6.45, 7) is 6.25. The Bertz CT molecular complexity index is 445. The third kappa shape index (κ3) is 2.93. The lowest BCUT2D eigenvalue weighted by atomic mass is 9.83. The number of carbonyl (C=O) groups excluding carboxylic acids is 1. The number of likely N-dealkylation sites (tertiary alicyclic amines) is 1. The monoisotopic (exact) mass is 277 g/mol. The van der Waals surface area contributed by atoms with Gasteiger partial charge in [-0.15, -0.1) is 0 Å². The van der Waals surface area contributed by atoms with Crippen LogP contribution in [0.1, 0.15) is 45.1 Å². The van der Waals surface area contributed by atoms with Gasteiger partial charge in [-0.05, 0) is 56.5 Å². The van der Waals surface area contributed by atoms with E-state index in [1.807, 2.05) is 0 Å². The van der Waals surface area contributed by atoms with Crippen molar-refractivity contribution in [1.82, 2.24) is 4.90 Å². The molecule has 3 heteroatoms. The first-order chi connectivity index (χ1) is 9.62. The van der Waals surface area contributed by atoms with E-state index in [0.717, 1.165) is 31.5 Å². The number of rotatable bonds is 6. The highest BCUT2D eigenvalue weighted by Crippen LogP contribution is 2.30. The molecule has 1 heterocycles. The lowest BCUT2D eigenvalue weighted by Gasteiger charge is -2.39. The number of nitrogens with zero attached hydrogens (tertiary/aromatic N) is 1. The van der Waals surface area contributed by atoms with E-state index in [2.05, 4.69) is 18.7 Å². The Balaban J connectivity index is 2.16. The minimum absolute atomic E-state index is 0.252. The van der Waals surface area contributed by atoms with E-state index >= 15 is 0 Å². The molecule has 1 aromatic rings. The molecule has 0 unspecified atom stereocenters. The largest absolute Gasteiger partial charge is 0.297 e. The first kappa shape index (κ1) is 15.2. The van der Waals surface area contributed by atoms with Crippen LogP contribution in [0.25, 0.3) is 0 Å². The molecule has 0 radical (unpaired) electrons. The van der Waals surface area contributed by atoms with Gasteiger partial charge in [-0.3, -0.25) is 9.69 Å². The molecule has 2 rings (SSSR count). The van der Waals surface area contributed by atoms with Gasteiger partial charge in [-0.25, -0.2) is 4.39 Å². The average Bonchev–Trinajstić information content (AvgIpc) is 2.98. The van der Waals surface area contributed by atoms with Crippen LogP contribution in [-0.4, -0.2) is 29.3 Å². The number of ketones is 1. The number of halogens is 1. The van der Waals surface area contributed by atoms with Crippen molar-refractivity contribution in [2.24, 2.45) is 0 Å². The molecule has 0 bridgehead atoms. The topological polar surface area (TPSA) is 20.3 Å². The van der Waals surface area contributed by atoms with E-state index < -0.39 is 0 Å². The molecule has 0 aromatic heterocycles. The predicted molar refractivity (Wildman–Crippen MR) is 79.2 cm³/mol. The van der Waals surface area contributed by atoms with Gasteiger partial charge in [0.15, 0.2) is 5.78 Å². The van der Waals surface area contributed by atoms with Gasteiger partial charge in [-0.1, -0.05) is 26.0 Å². The summed E-state index contributed by atoms with van der Waals surface area (Å²) in [5.74, 6) is 0.0222. The molecule has 1 aromatic carbocycles. The predicted octanol–water partition coefficient (Wildman–Crippen LogP) is 3.59. The molecule has 0 atom stereocenters. The summed E-state index contributed by atoms with van der Waals surface area (Å²) in [6.07, 6.45) is 4.47. The first-order valence-corrected chi connectivity index (χ1v) is 7.65. The molecule has 0 spiro atoms. The van der Waals surface area contributed by atoms with E-state index in [0.29, 0.717) is 6.42 Å². The highest BCUT2D eigenvalue weighted by molar-refractivity contribution is 5.90. The van der Waals surface area contributed by atoms with Crippen LogP contribution in [-0.2, 0) is 11.2 Å². The fourth-order valence-electron chi connectivity index (χ4n) is 3.37. The molecule has 110 valence electrons. The first-order valence-electron chi connectivity index (χ1n) is 7.65. The van der Waals surface area contributed by atoms with Crippen molar-refractivity contribution in [1.29, 1.82) is 0 Å². The maximum Gasteiger partial charge on any atom is 0.157 e. The van der Waals surface area contributed by atoms with Crippen molar-refractivity contribution in [3.8, 4) is 0 Å². The van der Waals surface area contributed by atoms with Crippen molar-refractivity contribution >= 4 is 5.78 Å². The van der Waals surface area contributed by atoms with E-state index in [1.165, 1.54) is 25.0 Å². The van der Waals surface area contributed by atoms with Gasteiger partial charge >= 0.3 is 0 Å². The Kier molecular flexibility index (Phi) is 4.92. The summed E-state index contributed by atoms with van der Waals surface area (Å²) in [7, 11) is 0. The zero-order valence-corrected chi connectivity index (χ0v) is 12.5. The molecule has 0 N–H and O–H groups in total. The van der Waals surface area contributed by atoms with Crippen molar-refractivity contribution in [2.45, 2.75) is 51.5 Å². The fraction of sp³-hybridized carbons (Fsp3) is 0.588. The Morgan fingerprint density at radius 2 is 1.70 bits per heavy atom. The maximum absolute atomic E-state index is 12.9. The van der Waals surface area contributed by atoms with E-state index in [-0.39, 0.29) is 17.1 Å². The van der Waals surface area contributed by atoms with Crippen LogP contribution >= 0.6 is 0 Å². The molecule has 1 fully saturated rings. The smallest absolute Gasteiger partial charge is 0.157 e. The second-order valence-corrected chi connectivity index (χ2v) is 5.66. The summed E-state index contributed by atoms with van der Waals surface area (Å²) in [6, 6.07) is 6.29. The summed E-state index contributed by atoms with van der Waals surface area (Å²) in [4.78, 5) is 15.2. The van der Waals surface area contributed by atoms with Gasteiger partial charge in [0, 0.05) is 6.42 Å². The Morgan fingerprint density at radius 1 is 1.15 bits per heavy atom. The van der Waals surface area contributed by atoms with Crippen LogP contribution in [0.3, 0.4) is 0 Å². The Labute approximate surface area is 121 Å². The van der Waals surface area contributed by atoms with Crippen molar-refractivity contribution in [3.63, 3.8) is 0 Å². The molecule has 20 heavy (non-hydrogen) atoms. The van der Waals surface area contributed by atoms with Gasteiger partial charge in [-0.2, -0.15) is 0 Å². The minimum Gasteiger partial charge on any atom is -0.297 e. The highest BCUT2D eigenvalue weighted by Gasteiger charge is 2.41. The molecular formula is C17H24FNO. The standard InChI is InChI=1S/C17H24FNO/c1-3-17(4-2,19-11-5-6-12-19)16(20)13-14-7-9-15(18)10-8-14/h7-10H,3-6,11-13H2,1-2H3. The Hall–Kier alpha value is -1.22. The molecule has 0 amide bonds. The lowest BCUT2D eigenvalue weighted by molar-refractivity contribution is -0.130. The molecule has 0 aliphatic carbocycles. The normalized spacial score (nSPS) is 16.6. The van der Waals surface area contributed by atoms with Gasteiger partial charge in [0.2, 0.25) is 0 Å². The van der Waals surface area contributed by atoms with Gasteiger partial charge in [0.1, 0.15) is 5.82 Å². The fourth-order valence-corrected chi connectivity index (χ4v) is 3.37. The number of benzene rings is 1. The van der Waals surface area contributed by atoms with Crippen LogP contribution in [0.4, 0.5) is 4.39 Å². The van der Waals surface area contributed by atoms with E-state index in [9.17, 15) is 9.18 Å². The summed E-state index contributed by atoms with van der Waals surface area (Å²) in [5.41, 5.74) is 0.576. The molecule has 1 aliphatic heterocycles. The third-order valence-electron chi connectivity index (χ3n) is 4.68. The maximum atomic E-state index is 12.9. The number of carbonyl (C=O) groups is 1. The van der Waals surface area contributed by atoms with Crippen molar-refractivity contribution in [2.75, 3.05) is 13.1 Å². The minimum atomic E-state index is -0.328. The molecule has 2 nitrogen and oxygen atoms in total. The van der Waals surface area contributed by atoms with Crippen molar-refractivity contribution < 1.29 is 9.18 Å². The lowest BCUT2D eigenvalue weighted by Crippen LogP contribution is -2.53. The van der Waals surface area contributed by atoms with E-state index in [4.69, 9.17) is 0 Å². The number of Topliss-reactive ketones (excluding diaryl/α,β-unsaturated/α-hetero) is 1. The summed E-state index contributed by atoms with van der Waals surface area (Å²) >= 11 is 0. The van der Waals surface area contributed by atoms with Gasteiger partial charge in [0.25, 0.3) is 0 Å². The summed E-state index contributed by atoms with van der Waals surface area (Å²) in [5, 5.41) is 0. The van der Waals surface area contributed by atoms with Crippen LogP contribution in [0.5, 0.6) is 0 Å². The third-order valence-corrected chi connectivity index (χ3v) is 4.68. The summed E-state index contributed by atoms with van der Waals surface area (Å²) < 4.78 is 12.9. The van der Waals surface area contributed by atoms with Crippen molar-refractivity contribution in [3.05, 3.63) is 35.6 Å². The number of hydrogen-bond acceptors (Lipinski definition) is 2. The van der Waals surface area contributed by atoms with E-state index in [1.54, 1.807) is 12.1 Å². The second kappa shape index (κ2) is 6.49. The molecular weight excluding hydrogens is 253 g/mol. The Morgan fingerprint density at radius 3 is 2.20 bits per heavy atom. The zero-order chi connectivity index (χ0) is 14.6.